The first-order chi connectivity index (χ1) is 20.4. The molecule has 0 fully saturated rings. The smallest absolute Gasteiger partial charge is 0.232 e. The number of benzene rings is 3. The summed E-state index contributed by atoms with van der Waals surface area (Å²) in [6, 6.07) is 6.67. The summed E-state index contributed by atoms with van der Waals surface area (Å²) in [4.78, 5) is 13.3. The lowest BCUT2D eigenvalue weighted by Crippen LogP contribution is -2.18. The zero-order valence-corrected chi connectivity index (χ0v) is 22.6. The standard InChI is InChI=1S/C28H20F6N4O4S/c29-5-2-6-43(40,41)37-23-10-15-8-16(7-14(15)9-20(23)31)27(39)18-13-36-38(28(18)35)26-21(32)11-17(12-22(26)33)42-24-4-1-3-19(30)25(24)34/h1,3-4,7,9-13,37H,2,5-6,8,35H2. The summed E-state index contributed by atoms with van der Waals surface area (Å²) < 4.78 is 116. The van der Waals surface area contributed by atoms with Crippen molar-refractivity contribution in [1.82, 2.24) is 9.78 Å². The molecule has 0 atom stereocenters. The number of sulfonamides is 1. The molecule has 8 nitrogen and oxygen atoms in total. The summed E-state index contributed by atoms with van der Waals surface area (Å²) in [6.07, 6.45) is 2.02. The van der Waals surface area contributed by atoms with Crippen LogP contribution in [0.25, 0.3) is 11.8 Å². The summed E-state index contributed by atoms with van der Waals surface area (Å²) in [7, 11) is -4.01. The number of nitrogens with one attached hydrogen (secondary N) is 1. The van der Waals surface area contributed by atoms with Crippen LogP contribution in [0.15, 0.2) is 54.2 Å². The number of hydrogen-bond donors (Lipinski definition) is 2. The molecule has 0 amide bonds. The first-order valence-corrected chi connectivity index (χ1v) is 14.1. The molecule has 1 aliphatic rings. The molecule has 15 heteroatoms. The molecule has 0 saturated carbocycles. The van der Waals surface area contributed by atoms with Gasteiger partial charge in [-0.15, -0.1) is 0 Å². The maximum atomic E-state index is 15.0. The van der Waals surface area contributed by atoms with Crippen LogP contribution in [0.1, 0.15) is 27.9 Å². The van der Waals surface area contributed by atoms with E-state index in [1.54, 1.807) is 0 Å². The highest BCUT2D eigenvalue weighted by atomic mass is 32.2. The molecule has 224 valence electrons. The number of hydrogen-bond acceptors (Lipinski definition) is 6. The molecule has 3 N–H and O–H groups in total. The summed E-state index contributed by atoms with van der Waals surface area (Å²) in [5, 5.41) is 3.83. The lowest BCUT2D eigenvalue weighted by molar-refractivity contribution is 0.103. The van der Waals surface area contributed by atoms with Crippen LogP contribution in [0.4, 0.5) is 37.8 Å². The van der Waals surface area contributed by atoms with E-state index in [0.717, 1.165) is 30.5 Å². The Morgan fingerprint density at radius 2 is 1.74 bits per heavy atom. The predicted octanol–water partition coefficient (Wildman–Crippen LogP) is 5.87. The van der Waals surface area contributed by atoms with Gasteiger partial charge in [0.05, 0.1) is 29.9 Å². The molecule has 5 rings (SSSR count). The maximum Gasteiger partial charge on any atom is 0.232 e. The molecular formula is C28H20F6N4O4S. The number of nitrogens with two attached hydrogens (primary N) is 1. The second-order valence-corrected chi connectivity index (χ2v) is 11.3. The van der Waals surface area contributed by atoms with Crippen LogP contribution in [0, 0.1) is 29.1 Å². The summed E-state index contributed by atoms with van der Waals surface area (Å²) in [5.74, 6) is -8.76. The minimum absolute atomic E-state index is 0.0519. The zero-order valence-electron chi connectivity index (χ0n) is 21.8. The number of halogens is 6. The van der Waals surface area contributed by atoms with Crippen LogP contribution < -0.4 is 15.2 Å². The van der Waals surface area contributed by atoms with Gasteiger partial charge in [0.1, 0.15) is 23.1 Å². The van der Waals surface area contributed by atoms with Crippen LogP contribution in [-0.2, 0) is 16.4 Å². The van der Waals surface area contributed by atoms with E-state index in [2.05, 4.69) is 9.82 Å². The van der Waals surface area contributed by atoms with E-state index >= 15 is 8.78 Å². The molecule has 1 heterocycles. The van der Waals surface area contributed by atoms with Crippen molar-refractivity contribution in [3.63, 3.8) is 0 Å². The van der Waals surface area contributed by atoms with Crippen LogP contribution in [0.3, 0.4) is 0 Å². The van der Waals surface area contributed by atoms with E-state index in [1.807, 2.05) is 0 Å². The van der Waals surface area contributed by atoms with Gasteiger partial charge < -0.3 is 10.5 Å². The van der Waals surface area contributed by atoms with Gasteiger partial charge in [0.25, 0.3) is 0 Å². The Morgan fingerprint density at radius 1 is 1.02 bits per heavy atom. The van der Waals surface area contributed by atoms with Gasteiger partial charge in [0.2, 0.25) is 15.8 Å². The predicted molar refractivity (Wildman–Crippen MR) is 145 cm³/mol. The van der Waals surface area contributed by atoms with Gasteiger partial charge in [0, 0.05) is 24.1 Å². The highest BCUT2D eigenvalue weighted by molar-refractivity contribution is 7.92. The molecular weight excluding hydrogens is 602 g/mol. The quantitative estimate of drug-likeness (QED) is 0.169. The average Bonchev–Trinajstić information content (AvgIpc) is 3.52. The van der Waals surface area contributed by atoms with Gasteiger partial charge in [0.15, 0.2) is 29.0 Å². The maximum absolute atomic E-state index is 15.0. The molecule has 3 aromatic carbocycles. The number of fused-ring (bicyclic) bond motifs is 1. The lowest BCUT2D eigenvalue weighted by atomic mass is 10.0. The molecule has 4 aromatic rings. The second-order valence-electron chi connectivity index (χ2n) is 9.41. The first kappa shape index (κ1) is 29.7. The summed E-state index contributed by atoms with van der Waals surface area (Å²) in [5.41, 5.74) is 5.47. The van der Waals surface area contributed by atoms with Crippen LogP contribution in [0.2, 0.25) is 0 Å². The number of carbonyl (C=O) groups excluding carboxylic acids is 1. The highest BCUT2D eigenvalue weighted by Crippen LogP contribution is 2.34. The van der Waals surface area contributed by atoms with E-state index in [9.17, 15) is 30.8 Å². The Morgan fingerprint density at radius 3 is 2.44 bits per heavy atom. The Balaban J connectivity index is 1.37. The zero-order chi connectivity index (χ0) is 31.1. The Labute approximate surface area is 240 Å². The van der Waals surface area contributed by atoms with Crippen molar-refractivity contribution in [3.8, 4) is 17.2 Å². The van der Waals surface area contributed by atoms with Gasteiger partial charge in [-0.3, -0.25) is 13.9 Å². The number of anilines is 2. The second kappa shape index (κ2) is 11.5. The monoisotopic (exact) mass is 622 g/mol. The number of allylic oxidation sites excluding steroid dienone is 1. The van der Waals surface area contributed by atoms with Crippen LogP contribution in [-0.4, -0.2) is 36.4 Å². The van der Waals surface area contributed by atoms with E-state index in [-0.39, 0.29) is 29.7 Å². The van der Waals surface area contributed by atoms with Crippen molar-refractivity contribution in [3.05, 3.63) is 100 Å². The first-order valence-electron chi connectivity index (χ1n) is 12.5. The van der Waals surface area contributed by atoms with Gasteiger partial charge in [-0.05, 0) is 47.9 Å². The van der Waals surface area contributed by atoms with Gasteiger partial charge >= 0.3 is 0 Å². The molecule has 0 spiro atoms. The fourth-order valence-corrected chi connectivity index (χ4v) is 5.51. The Hall–Kier alpha value is -4.79. The molecule has 43 heavy (non-hydrogen) atoms. The molecule has 0 saturated heterocycles. The number of alkyl halides is 1. The van der Waals surface area contributed by atoms with Gasteiger partial charge in [-0.1, -0.05) is 6.07 Å². The number of Topliss-reactive ketones (excluding diaryl/α,β-unsaturated/α-hetero) is 1. The van der Waals surface area contributed by atoms with Crippen molar-refractivity contribution >= 4 is 33.4 Å². The molecule has 1 aromatic heterocycles. The summed E-state index contributed by atoms with van der Waals surface area (Å²) in [6.45, 7) is -0.862. The normalized spacial score (nSPS) is 12.7. The fraction of sp³-hybridized carbons (Fsp3) is 0.143. The minimum atomic E-state index is -4.01. The number of ether oxygens (including phenoxy) is 1. The number of ketones is 1. The van der Waals surface area contributed by atoms with E-state index in [1.165, 1.54) is 12.1 Å². The van der Waals surface area contributed by atoms with Gasteiger partial charge in [-0.2, -0.15) is 9.49 Å². The Kier molecular flexibility index (Phi) is 7.92. The molecule has 0 radical (unpaired) electrons. The number of nitrogens with zero attached hydrogens (tertiary/aromatic N) is 2. The minimum Gasteiger partial charge on any atom is -0.454 e. The largest absolute Gasteiger partial charge is 0.454 e. The number of carbonyl (C=O) groups is 1. The number of rotatable bonds is 10. The molecule has 1 aliphatic carbocycles. The fourth-order valence-electron chi connectivity index (χ4n) is 4.43. The van der Waals surface area contributed by atoms with Crippen molar-refractivity contribution in [1.29, 1.82) is 0 Å². The SMILES string of the molecule is Nc1c(C(=O)C2=Cc3cc(F)c(NS(=O)(=O)CCCF)cc3C2)cnn1-c1c(F)cc(Oc2cccc(F)c2F)cc1F. The number of nitrogen functional groups attached to an aromatic ring is 1. The van der Waals surface area contributed by atoms with E-state index in [4.69, 9.17) is 10.5 Å². The summed E-state index contributed by atoms with van der Waals surface area (Å²) >= 11 is 0. The van der Waals surface area contributed by atoms with Crippen molar-refractivity contribution in [2.45, 2.75) is 12.8 Å². The van der Waals surface area contributed by atoms with Crippen LogP contribution in [0.5, 0.6) is 11.5 Å². The number of aromatic nitrogens is 2. The van der Waals surface area contributed by atoms with Gasteiger partial charge in [-0.25, -0.2) is 30.7 Å². The van der Waals surface area contributed by atoms with E-state index < -0.39 is 80.3 Å². The third kappa shape index (κ3) is 5.93. The van der Waals surface area contributed by atoms with Crippen molar-refractivity contribution in [2.75, 3.05) is 22.9 Å². The van der Waals surface area contributed by atoms with Crippen molar-refractivity contribution < 1.29 is 44.3 Å². The average molecular weight is 623 g/mol. The highest BCUT2D eigenvalue weighted by Gasteiger charge is 2.27. The lowest BCUT2D eigenvalue weighted by Gasteiger charge is -2.11. The van der Waals surface area contributed by atoms with Crippen molar-refractivity contribution in [2.24, 2.45) is 0 Å². The molecule has 0 bridgehead atoms. The van der Waals surface area contributed by atoms with E-state index in [0.29, 0.717) is 27.9 Å². The Bertz CT molecular complexity index is 1890. The molecule has 0 aliphatic heterocycles. The third-order valence-electron chi connectivity index (χ3n) is 6.44. The third-order valence-corrected chi connectivity index (χ3v) is 7.80. The van der Waals surface area contributed by atoms with Crippen LogP contribution >= 0.6 is 0 Å². The molecule has 0 unspecified atom stereocenters. The topological polar surface area (TPSA) is 116 Å².